The Bertz CT molecular complexity index is 1230. The first-order valence-electron chi connectivity index (χ1n) is 10.4. The second-order valence-corrected chi connectivity index (χ2v) is 12.0. The number of nitrogens with zero attached hydrogens (tertiary/aromatic N) is 5. The van der Waals surface area contributed by atoms with Gasteiger partial charge in [0.25, 0.3) is 10.0 Å². The fourth-order valence-electron chi connectivity index (χ4n) is 3.31. The third-order valence-electron chi connectivity index (χ3n) is 5.05. The number of amides is 1. The summed E-state index contributed by atoms with van der Waals surface area (Å²) in [4.78, 5) is 13.0. The van der Waals surface area contributed by atoms with Crippen LogP contribution in [0.2, 0.25) is 0 Å². The van der Waals surface area contributed by atoms with Gasteiger partial charge in [0.05, 0.1) is 17.1 Å². The van der Waals surface area contributed by atoms with E-state index >= 15 is 0 Å². The van der Waals surface area contributed by atoms with Gasteiger partial charge in [-0.25, -0.2) is 8.42 Å². The highest BCUT2D eigenvalue weighted by atomic mass is 32.2. The van der Waals surface area contributed by atoms with Crippen LogP contribution in [0.3, 0.4) is 0 Å². The highest BCUT2D eigenvalue weighted by Crippen LogP contribution is 2.30. The van der Waals surface area contributed by atoms with Crippen molar-refractivity contribution in [2.24, 2.45) is 7.05 Å². The van der Waals surface area contributed by atoms with Crippen LogP contribution in [0, 0.1) is 13.8 Å². The second kappa shape index (κ2) is 10.2. The van der Waals surface area contributed by atoms with Crippen molar-refractivity contribution in [2.45, 2.75) is 49.8 Å². The van der Waals surface area contributed by atoms with Crippen molar-refractivity contribution in [3.63, 3.8) is 0 Å². The Hall–Kier alpha value is -2.44. The molecule has 0 bridgehead atoms. The van der Waals surface area contributed by atoms with Crippen LogP contribution >= 0.6 is 23.1 Å². The summed E-state index contributed by atoms with van der Waals surface area (Å²) in [5, 5.41) is 15.2. The van der Waals surface area contributed by atoms with Gasteiger partial charge in [-0.2, -0.15) is 5.10 Å². The normalized spacial score (nSPS) is 11.7. The number of sulfonamides is 1. The van der Waals surface area contributed by atoms with Gasteiger partial charge in [0.1, 0.15) is 11.4 Å². The van der Waals surface area contributed by atoms with E-state index in [1.165, 1.54) is 27.8 Å². The van der Waals surface area contributed by atoms with Gasteiger partial charge in [-0.15, -0.1) is 10.2 Å². The first-order valence-corrected chi connectivity index (χ1v) is 13.7. The molecular weight excluding hydrogens is 480 g/mol. The van der Waals surface area contributed by atoms with E-state index in [1.54, 1.807) is 33.0 Å². The third-order valence-corrected chi connectivity index (χ3v) is 8.93. The minimum Gasteiger partial charge on any atom is -0.299 e. The zero-order valence-electron chi connectivity index (χ0n) is 19.5. The van der Waals surface area contributed by atoms with Crippen molar-refractivity contribution in [3.05, 3.63) is 41.2 Å². The quantitative estimate of drug-likeness (QED) is 0.344. The molecule has 1 aromatic carbocycles. The summed E-state index contributed by atoms with van der Waals surface area (Å²) in [6, 6.07) is 7.20. The molecule has 3 rings (SSSR count). The van der Waals surface area contributed by atoms with Crippen molar-refractivity contribution in [1.82, 2.24) is 20.0 Å². The van der Waals surface area contributed by atoms with Gasteiger partial charge in [0, 0.05) is 7.05 Å². The monoisotopic (exact) mass is 508 g/mol. The maximum Gasteiger partial charge on any atom is 0.268 e. The van der Waals surface area contributed by atoms with E-state index in [2.05, 4.69) is 34.5 Å². The van der Waals surface area contributed by atoms with E-state index in [1.807, 2.05) is 19.1 Å². The summed E-state index contributed by atoms with van der Waals surface area (Å²) in [6.07, 6.45) is 0. The van der Waals surface area contributed by atoms with Crippen LogP contribution in [0.1, 0.15) is 43.6 Å². The van der Waals surface area contributed by atoms with Crippen LogP contribution < -0.4 is 9.62 Å². The average molecular weight is 509 g/mol. The van der Waals surface area contributed by atoms with E-state index in [9.17, 15) is 13.2 Å². The van der Waals surface area contributed by atoms with Crippen LogP contribution in [0.15, 0.2) is 33.5 Å². The van der Waals surface area contributed by atoms with E-state index < -0.39 is 22.5 Å². The van der Waals surface area contributed by atoms with E-state index in [4.69, 9.17) is 0 Å². The third kappa shape index (κ3) is 5.56. The molecule has 0 radical (unpaired) electrons. The number of rotatable bonds is 9. The Morgan fingerprint density at radius 3 is 2.42 bits per heavy atom. The van der Waals surface area contributed by atoms with Gasteiger partial charge in [-0.3, -0.25) is 19.1 Å². The first-order chi connectivity index (χ1) is 15.5. The van der Waals surface area contributed by atoms with Crippen LogP contribution in [-0.2, 0) is 21.9 Å². The van der Waals surface area contributed by atoms with Gasteiger partial charge < -0.3 is 0 Å². The minimum absolute atomic E-state index is 0.100. The molecule has 0 spiro atoms. The number of benzene rings is 1. The molecule has 2 aromatic heterocycles. The Kier molecular flexibility index (Phi) is 7.80. The molecule has 0 aliphatic heterocycles. The molecule has 0 fully saturated rings. The molecule has 0 aliphatic carbocycles. The lowest BCUT2D eigenvalue weighted by Crippen LogP contribution is -2.38. The Morgan fingerprint density at radius 1 is 1.21 bits per heavy atom. The van der Waals surface area contributed by atoms with Crippen molar-refractivity contribution in [2.75, 3.05) is 21.9 Å². The lowest BCUT2D eigenvalue weighted by Gasteiger charge is -2.24. The number of carbonyl (C=O) groups excluding carboxylic acids is 1. The second-order valence-electron chi connectivity index (χ2n) is 7.74. The number of anilines is 2. The van der Waals surface area contributed by atoms with Gasteiger partial charge in [0.2, 0.25) is 11.0 Å². The number of hydrogen-bond donors (Lipinski definition) is 1. The molecule has 3 aromatic rings. The van der Waals surface area contributed by atoms with Gasteiger partial charge >= 0.3 is 0 Å². The lowest BCUT2D eigenvalue weighted by molar-refractivity contribution is -0.114. The first kappa shape index (κ1) is 25.2. The maximum atomic E-state index is 13.7. The SMILES string of the molecule is CCSc1nnc(NC(=O)CN(c2ccc(C(C)C)cc2)S(=O)(=O)c2c(C)nn(C)c2C)s1. The van der Waals surface area contributed by atoms with E-state index in [0.29, 0.717) is 28.1 Å². The lowest BCUT2D eigenvalue weighted by atomic mass is 10.0. The molecule has 0 unspecified atom stereocenters. The number of thioether (sulfide) groups is 1. The zero-order chi connectivity index (χ0) is 24.3. The molecule has 0 saturated heterocycles. The van der Waals surface area contributed by atoms with E-state index in [-0.39, 0.29) is 4.90 Å². The molecule has 0 aliphatic rings. The topological polar surface area (TPSA) is 110 Å². The van der Waals surface area contributed by atoms with Crippen molar-refractivity contribution >= 4 is 49.8 Å². The molecule has 1 amide bonds. The number of nitrogens with one attached hydrogen (secondary N) is 1. The molecule has 0 atom stereocenters. The smallest absolute Gasteiger partial charge is 0.268 e. The fraction of sp³-hybridized carbons (Fsp3) is 0.429. The van der Waals surface area contributed by atoms with Crippen LogP contribution in [-0.4, -0.2) is 46.6 Å². The molecule has 0 saturated carbocycles. The molecule has 33 heavy (non-hydrogen) atoms. The minimum atomic E-state index is -4.07. The predicted molar refractivity (Wildman–Crippen MR) is 133 cm³/mol. The summed E-state index contributed by atoms with van der Waals surface area (Å²) < 4.78 is 30.9. The molecule has 12 heteroatoms. The zero-order valence-corrected chi connectivity index (χ0v) is 21.9. The molecule has 2 heterocycles. The van der Waals surface area contributed by atoms with Crippen molar-refractivity contribution in [1.29, 1.82) is 0 Å². The highest BCUT2D eigenvalue weighted by molar-refractivity contribution is 8.01. The summed E-state index contributed by atoms with van der Waals surface area (Å²) in [5.74, 6) is 0.628. The summed E-state index contributed by atoms with van der Waals surface area (Å²) in [7, 11) is -2.37. The summed E-state index contributed by atoms with van der Waals surface area (Å²) >= 11 is 2.78. The number of hydrogen-bond acceptors (Lipinski definition) is 8. The van der Waals surface area contributed by atoms with Crippen LogP contribution in [0.25, 0.3) is 0 Å². The van der Waals surface area contributed by atoms with Crippen LogP contribution in [0.5, 0.6) is 0 Å². The number of aryl methyl sites for hydroxylation is 2. The Balaban J connectivity index is 1.96. The molecular formula is C21H28N6O3S3. The summed E-state index contributed by atoms with van der Waals surface area (Å²) in [5.41, 5.74) is 2.35. The highest BCUT2D eigenvalue weighted by Gasteiger charge is 2.32. The van der Waals surface area contributed by atoms with Crippen molar-refractivity contribution < 1.29 is 13.2 Å². The molecule has 1 N–H and O–H groups in total. The molecule has 9 nitrogen and oxygen atoms in total. The van der Waals surface area contributed by atoms with Gasteiger partial charge in [-0.1, -0.05) is 56.0 Å². The number of carbonyl (C=O) groups is 1. The van der Waals surface area contributed by atoms with Gasteiger partial charge in [-0.05, 0) is 43.2 Å². The van der Waals surface area contributed by atoms with Gasteiger partial charge in [0.15, 0.2) is 4.34 Å². The largest absolute Gasteiger partial charge is 0.299 e. The van der Waals surface area contributed by atoms with Crippen LogP contribution in [0.4, 0.5) is 10.8 Å². The van der Waals surface area contributed by atoms with E-state index in [0.717, 1.165) is 20.0 Å². The standard InChI is InChI=1S/C21H28N6O3S3/c1-7-31-21-24-23-20(32-21)22-18(28)12-27(17-10-8-16(9-11-17)13(2)3)33(29,30)19-14(4)25-26(6)15(19)5/h8-11,13H,7,12H2,1-6H3,(H,22,23,28). The fourth-order valence-corrected chi connectivity index (χ4v) is 6.80. The Morgan fingerprint density at radius 2 is 1.88 bits per heavy atom. The average Bonchev–Trinajstić information content (AvgIpc) is 3.29. The van der Waals surface area contributed by atoms with Crippen molar-refractivity contribution in [3.8, 4) is 0 Å². The number of aromatic nitrogens is 4. The summed E-state index contributed by atoms with van der Waals surface area (Å²) in [6.45, 7) is 9.06. The predicted octanol–water partition coefficient (Wildman–Crippen LogP) is 3.96. The maximum absolute atomic E-state index is 13.7. The molecule has 178 valence electrons. The Labute approximate surface area is 202 Å².